The zero-order chi connectivity index (χ0) is 46.6. The summed E-state index contributed by atoms with van der Waals surface area (Å²) in [5, 5.41) is 0.848. The van der Waals surface area contributed by atoms with Crippen LogP contribution < -0.4 is 0 Å². The Bertz CT molecular complexity index is 3410. The van der Waals surface area contributed by atoms with Crippen molar-refractivity contribution in [2.24, 2.45) is 0 Å². The molecule has 0 N–H and O–H groups in total. The smallest absolute Gasteiger partial charge is 0.262 e. The molecular formula is C50H36Cl2N6O6S2. The summed E-state index contributed by atoms with van der Waals surface area (Å²) in [6.45, 7) is 3.49. The fraction of sp³-hybridized carbons (Fsp3) is 0.120. The average molecular weight is 952 g/mol. The largest absolute Gasteiger partial charge is 0.269 e. The van der Waals surface area contributed by atoms with E-state index in [1.165, 1.54) is 11.0 Å². The molecule has 0 fully saturated rings. The number of carbonyl (C=O) groups excluding carboxylic acids is 4. The van der Waals surface area contributed by atoms with Crippen molar-refractivity contribution < 1.29 is 27.6 Å². The summed E-state index contributed by atoms with van der Waals surface area (Å²) in [6, 6.07) is 36.9. The minimum absolute atomic E-state index is 0.0616. The zero-order valence-electron chi connectivity index (χ0n) is 35.6. The van der Waals surface area contributed by atoms with E-state index in [0.29, 0.717) is 77.0 Å². The van der Waals surface area contributed by atoms with E-state index in [1.807, 2.05) is 49.6 Å². The van der Waals surface area contributed by atoms with Gasteiger partial charge in [0, 0.05) is 22.3 Å². The third-order valence-electron chi connectivity index (χ3n) is 11.5. The zero-order valence-corrected chi connectivity index (χ0v) is 38.7. The molecular weight excluding hydrogens is 916 g/mol. The summed E-state index contributed by atoms with van der Waals surface area (Å²) in [6.07, 6.45) is 3.11. The maximum absolute atomic E-state index is 13.2. The second-order valence-electron chi connectivity index (χ2n) is 15.5. The number of hydrogen-bond acceptors (Lipinski definition) is 11. The van der Waals surface area contributed by atoms with Gasteiger partial charge in [0.2, 0.25) is 0 Å². The number of imide groups is 2. The van der Waals surface area contributed by atoms with Crippen molar-refractivity contribution in [2.75, 3.05) is 12.5 Å². The average Bonchev–Trinajstić information content (AvgIpc) is 3.74. The van der Waals surface area contributed by atoms with E-state index in [-0.39, 0.29) is 22.4 Å². The molecule has 0 unspecified atom stereocenters. The minimum Gasteiger partial charge on any atom is -0.269 e. The molecule has 0 bridgehead atoms. The molecule has 2 aromatic heterocycles. The van der Waals surface area contributed by atoms with Gasteiger partial charge in [-0.05, 0) is 80.8 Å². The molecule has 328 valence electrons. The second kappa shape index (κ2) is 17.5. The number of halogens is 2. The predicted octanol–water partition coefficient (Wildman–Crippen LogP) is 10.7. The first-order valence-electron chi connectivity index (χ1n) is 20.5. The quantitative estimate of drug-likeness (QED) is 0.105. The van der Waals surface area contributed by atoms with Crippen molar-refractivity contribution in [3.63, 3.8) is 0 Å². The molecule has 2 atom stereocenters. The second-order valence-corrected chi connectivity index (χ2v) is 19.1. The number of aromatic nitrogens is 4. The Labute approximate surface area is 393 Å². The SMILES string of the molecule is CSc1ccccc1-c1nc2c(Cl)cccc2nc1[C@H](C)N1C(=O)c2ccccc2C1=O.C[C@@H](c1nc2cccc(Cl)c2nc1-c1ccccc1S(C)(=O)=O)N1C(=O)c2ccccc2C1=O. The molecule has 0 aliphatic carbocycles. The molecule has 6 aromatic carbocycles. The normalized spacial score (nSPS) is 14.3. The summed E-state index contributed by atoms with van der Waals surface area (Å²) < 4.78 is 25.1. The number of hydrogen-bond donors (Lipinski definition) is 0. The lowest BCUT2D eigenvalue weighted by molar-refractivity contribution is 0.0577. The van der Waals surface area contributed by atoms with Crippen LogP contribution in [0.4, 0.5) is 0 Å². The number of thioether (sulfide) groups is 1. The standard InChI is InChI=1S/C25H18ClN3O4S.C25H18ClN3O2S/c1-14(29-24(30)15-8-3-4-9-16(15)25(29)31)21-22(17-10-5-6-13-20(17)34(2,32)33)28-23-18(26)11-7-12-19(23)27-21;1-14(29-24(30)15-8-3-4-9-16(15)25(29)31)21-22(17-10-5-6-13-20(17)32-2)28-23-18(26)11-7-12-19(23)27-21/h3-14H,1-2H3;3-14H,1-2H3/t2*14-/m00/s1. The van der Waals surface area contributed by atoms with Crippen molar-refractivity contribution in [2.45, 2.75) is 35.7 Å². The van der Waals surface area contributed by atoms with E-state index in [0.717, 1.165) is 21.6 Å². The van der Waals surface area contributed by atoms with Crippen molar-refractivity contribution in [3.8, 4) is 22.5 Å². The van der Waals surface area contributed by atoms with Gasteiger partial charge in [-0.1, -0.05) is 96.0 Å². The lowest BCUT2D eigenvalue weighted by Gasteiger charge is -2.24. The molecule has 12 nitrogen and oxygen atoms in total. The van der Waals surface area contributed by atoms with Gasteiger partial charge in [-0.2, -0.15) is 0 Å². The number of carbonyl (C=O) groups is 4. The molecule has 10 rings (SSSR count). The highest BCUT2D eigenvalue weighted by Crippen LogP contribution is 2.40. The number of para-hydroxylation sites is 2. The summed E-state index contributed by atoms with van der Waals surface area (Å²) >= 11 is 14.4. The molecule has 0 saturated heterocycles. The van der Waals surface area contributed by atoms with Crippen molar-refractivity contribution in [1.29, 1.82) is 0 Å². The van der Waals surface area contributed by atoms with Crippen LogP contribution in [0.5, 0.6) is 0 Å². The molecule has 66 heavy (non-hydrogen) atoms. The van der Waals surface area contributed by atoms with Crippen LogP contribution in [0.3, 0.4) is 0 Å². The Morgan fingerprint density at radius 3 is 1.26 bits per heavy atom. The number of amides is 4. The van der Waals surface area contributed by atoms with Gasteiger partial charge in [-0.25, -0.2) is 28.4 Å². The molecule has 0 saturated carbocycles. The Hall–Kier alpha value is -6.84. The van der Waals surface area contributed by atoms with E-state index in [1.54, 1.807) is 110 Å². The molecule has 4 amide bonds. The van der Waals surface area contributed by atoms with Gasteiger partial charge in [-0.15, -0.1) is 11.8 Å². The Morgan fingerprint density at radius 2 is 0.848 bits per heavy atom. The van der Waals surface area contributed by atoms with Crippen LogP contribution in [-0.2, 0) is 9.84 Å². The van der Waals surface area contributed by atoms with Crippen LogP contribution in [0.25, 0.3) is 44.6 Å². The van der Waals surface area contributed by atoms with E-state index < -0.39 is 33.7 Å². The maximum Gasteiger partial charge on any atom is 0.262 e. The van der Waals surface area contributed by atoms with Gasteiger partial charge in [0.05, 0.1) is 83.1 Å². The first-order valence-corrected chi connectivity index (χ1v) is 24.4. The molecule has 16 heteroatoms. The lowest BCUT2D eigenvalue weighted by atomic mass is 10.0. The third kappa shape index (κ3) is 7.69. The summed E-state index contributed by atoms with van der Waals surface area (Å²) in [4.78, 5) is 75.3. The lowest BCUT2D eigenvalue weighted by Crippen LogP contribution is -2.33. The topological polar surface area (TPSA) is 160 Å². The van der Waals surface area contributed by atoms with Gasteiger partial charge >= 0.3 is 0 Å². The van der Waals surface area contributed by atoms with Crippen LogP contribution in [0.2, 0.25) is 10.0 Å². The van der Waals surface area contributed by atoms with Crippen molar-refractivity contribution in [3.05, 3.63) is 177 Å². The fourth-order valence-corrected chi connectivity index (χ4v) is 10.2. The van der Waals surface area contributed by atoms with Gasteiger partial charge in [0.1, 0.15) is 11.0 Å². The molecule has 2 aliphatic rings. The van der Waals surface area contributed by atoms with E-state index in [9.17, 15) is 27.6 Å². The maximum atomic E-state index is 13.2. The van der Waals surface area contributed by atoms with Crippen LogP contribution >= 0.6 is 35.0 Å². The van der Waals surface area contributed by atoms with Gasteiger partial charge in [0.25, 0.3) is 23.6 Å². The van der Waals surface area contributed by atoms with E-state index >= 15 is 0 Å². The number of benzene rings is 6. The number of nitrogens with zero attached hydrogens (tertiary/aromatic N) is 6. The van der Waals surface area contributed by atoms with Gasteiger partial charge in [-0.3, -0.25) is 29.0 Å². The van der Waals surface area contributed by atoms with Crippen molar-refractivity contribution in [1.82, 2.24) is 29.7 Å². The number of fused-ring (bicyclic) bond motifs is 4. The highest BCUT2D eigenvalue weighted by Gasteiger charge is 2.42. The molecule has 0 radical (unpaired) electrons. The highest BCUT2D eigenvalue weighted by atomic mass is 35.5. The van der Waals surface area contributed by atoms with E-state index in [2.05, 4.69) is 0 Å². The number of sulfone groups is 1. The van der Waals surface area contributed by atoms with Gasteiger partial charge in [0.15, 0.2) is 9.84 Å². The summed E-state index contributed by atoms with van der Waals surface area (Å²) in [5.41, 5.74) is 6.39. The van der Waals surface area contributed by atoms with Crippen LogP contribution in [-0.4, -0.2) is 74.3 Å². The highest BCUT2D eigenvalue weighted by molar-refractivity contribution is 7.98. The van der Waals surface area contributed by atoms with Crippen LogP contribution in [0.15, 0.2) is 143 Å². The first-order chi connectivity index (χ1) is 31.7. The third-order valence-corrected chi connectivity index (χ3v) is 14.0. The minimum atomic E-state index is -3.62. The predicted molar refractivity (Wildman–Crippen MR) is 256 cm³/mol. The monoisotopic (exact) mass is 950 g/mol. The molecule has 4 heterocycles. The van der Waals surface area contributed by atoms with Crippen LogP contribution in [0.1, 0.15) is 78.8 Å². The molecule has 0 spiro atoms. The summed E-state index contributed by atoms with van der Waals surface area (Å²) in [7, 11) is -3.62. The van der Waals surface area contributed by atoms with E-state index in [4.69, 9.17) is 43.1 Å². The number of rotatable bonds is 8. The van der Waals surface area contributed by atoms with Crippen molar-refractivity contribution >= 4 is 90.5 Å². The fourth-order valence-electron chi connectivity index (χ4n) is 8.28. The molecule has 2 aliphatic heterocycles. The van der Waals surface area contributed by atoms with Crippen LogP contribution in [0, 0.1) is 0 Å². The molecule has 8 aromatic rings. The summed E-state index contributed by atoms with van der Waals surface area (Å²) in [5.74, 6) is -1.53. The Kier molecular flexibility index (Phi) is 11.8. The Balaban J connectivity index is 0.000000166. The first kappa shape index (κ1) is 44.4. The Morgan fingerprint density at radius 1 is 0.485 bits per heavy atom. The van der Waals surface area contributed by atoms with Gasteiger partial charge < -0.3 is 0 Å².